The Bertz CT molecular complexity index is 396. The molecule has 0 radical (unpaired) electrons. The predicted octanol–water partition coefficient (Wildman–Crippen LogP) is 1.85. The minimum Gasteiger partial charge on any atom is -0.397 e. The molecule has 0 amide bonds. The van der Waals surface area contributed by atoms with Gasteiger partial charge in [0, 0.05) is 37.9 Å². The molecule has 17 heavy (non-hydrogen) atoms. The van der Waals surface area contributed by atoms with Gasteiger partial charge < -0.3 is 10.6 Å². The van der Waals surface area contributed by atoms with Gasteiger partial charge in [-0.05, 0) is 13.5 Å². The summed E-state index contributed by atoms with van der Waals surface area (Å²) in [5.74, 6) is 0.926. The highest BCUT2D eigenvalue weighted by molar-refractivity contribution is 6.32. The van der Waals surface area contributed by atoms with Gasteiger partial charge in [0.2, 0.25) is 0 Å². The molecule has 2 N–H and O–H groups in total. The molecule has 1 atom stereocenters. The highest BCUT2D eigenvalue weighted by atomic mass is 35.5. The summed E-state index contributed by atoms with van der Waals surface area (Å²) in [6, 6.07) is 2.32. The second-order valence-corrected chi connectivity index (χ2v) is 4.91. The lowest BCUT2D eigenvalue weighted by atomic mass is 10.2. The maximum Gasteiger partial charge on any atom is 0.130 e. The van der Waals surface area contributed by atoms with Gasteiger partial charge in [0.15, 0.2) is 0 Å². The Hall–Kier alpha value is -1.00. The summed E-state index contributed by atoms with van der Waals surface area (Å²) in [6.45, 7) is 8.65. The van der Waals surface area contributed by atoms with Crippen molar-refractivity contribution in [2.24, 2.45) is 0 Å². The lowest BCUT2D eigenvalue weighted by molar-refractivity contribution is 0.239. The highest BCUT2D eigenvalue weighted by Gasteiger charge is 2.23. The number of anilines is 2. The first-order valence-corrected chi connectivity index (χ1v) is 6.39. The summed E-state index contributed by atoms with van der Waals surface area (Å²) in [7, 11) is 0. The molecule has 94 valence electrons. The Balaban J connectivity index is 2.14. The van der Waals surface area contributed by atoms with Crippen molar-refractivity contribution in [1.82, 2.24) is 9.88 Å². The van der Waals surface area contributed by atoms with Crippen LogP contribution < -0.4 is 10.6 Å². The van der Waals surface area contributed by atoms with E-state index in [1.54, 1.807) is 6.20 Å². The number of halogens is 1. The molecule has 5 heteroatoms. The third kappa shape index (κ3) is 2.64. The van der Waals surface area contributed by atoms with Gasteiger partial charge in [-0.3, -0.25) is 4.90 Å². The van der Waals surface area contributed by atoms with Crippen LogP contribution in [0.15, 0.2) is 12.3 Å². The number of pyridine rings is 1. The average Bonchev–Trinajstić information content (AvgIpc) is 2.32. The van der Waals surface area contributed by atoms with E-state index in [0.717, 1.165) is 32.0 Å². The number of hydrogen-bond acceptors (Lipinski definition) is 4. The van der Waals surface area contributed by atoms with E-state index in [0.29, 0.717) is 16.8 Å². The van der Waals surface area contributed by atoms with Gasteiger partial charge in [-0.25, -0.2) is 4.98 Å². The lowest BCUT2D eigenvalue weighted by Crippen LogP contribution is -2.52. The molecule has 0 aliphatic carbocycles. The van der Waals surface area contributed by atoms with E-state index in [9.17, 15) is 0 Å². The fourth-order valence-electron chi connectivity index (χ4n) is 2.26. The number of nitrogens with two attached hydrogens (primary N) is 1. The molecule has 1 aliphatic heterocycles. The predicted molar refractivity (Wildman–Crippen MR) is 72.6 cm³/mol. The number of likely N-dealkylation sites (N-methyl/N-ethyl adjacent to an activating group) is 1. The maximum atomic E-state index is 5.89. The molecule has 0 aromatic carbocycles. The first-order valence-electron chi connectivity index (χ1n) is 6.01. The van der Waals surface area contributed by atoms with Crippen molar-refractivity contribution in [3.63, 3.8) is 0 Å². The molecule has 1 unspecified atom stereocenters. The minimum atomic E-state index is 0.455. The SMILES string of the molecule is CCN1CCN(c2cc(N)c(Cl)cn2)C(C)C1. The molecule has 2 rings (SSSR count). The Morgan fingerprint density at radius 2 is 2.29 bits per heavy atom. The van der Waals surface area contributed by atoms with Gasteiger partial charge in [-0.2, -0.15) is 0 Å². The zero-order chi connectivity index (χ0) is 12.4. The van der Waals surface area contributed by atoms with Gasteiger partial charge in [0.05, 0.1) is 10.7 Å². The number of nitrogens with zero attached hydrogens (tertiary/aromatic N) is 3. The first-order chi connectivity index (χ1) is 8.11. The topological polar surface area (TPSA) is 45.4 Å². The molecule has 1 aromatic rings. The number of hydrogen-bond donors (Lipinski definition) is 1. The van der Waals surface area contributed by atoms with Crippen LogP contribution in [0.4, 0.5) is 11.5 Å². The Labute approximate surface area is 107 Å². The molecule has 0 bridgehead atoms. The van der Waals surface area contributed by atoms with Crippen LogP contribution >= 0.6 is 11.6 Å². The zero-order valence-corrected chi connectivity index (χ0v) is 11.1. The van der Waals surface area contributed by atoms with E-state index in [-0.39, 0.29) is 0 Å². The summed E-state index contributed by atoms with van der Waals surface area (Å²) in [5, 5.41) is 0.522. The van der Waals surface area contributed by atoms with Gasteiger partial charge in [-0.15, -0.1) is 0 Å². The fraction of sp³-hybridized carbons (Fsp3) is 0.583. The summed E-state index contributed by atoms with van der Waals surface area (Å²) in [5.41, 5.74) is 6.42. The minimum absolute atomic E-state index is 0.455. The van der Waals surface area contributed by atoms with Crippen molar-refractivity contribution in [3.05, 3.63) is 17.3 Å². The van der Waals surface area contributed by atoms with Crippen LogP contribution in [0.25, 0.3) is 0 Å². The molecule has 1 saturated heterocycles. The molecule has 0 spiro atoms. The van der Waals surface area contributed by atoms with E-state index in [1.165, 1.54) is 0 Å². The molecule has 2 heterocycles. The van der Waals surface area contributed by atoms with Crippen LogP contribution in [-0.2, 0) is 0 Å². The smallest absolute Gasteiger partial charge is 0.130 e. The summed E-state index contributed by atoms with van der Waals surface area (Å²) < 4.78 is 0. The summed E-state index contributed by atoms with van der Waals surface area (Å²) in [6.07, 6.45) is 1.63. The van der Waals surface area contributed by atoms with Crippen LogP contribution in [0, 0.1) is 0 Å². The van der Waals surface area contributed by atoms with Crippen molar-refractivity contribution in [1.29, 1.82) is 0 Å². The van der Waals surface area contributed by atoms with Crippen LogP contribution in [0.1, 0.15) is 13.8 Å². The molecule has 0 saturated carbocycles. The normalized spacial score (nSPS) is 21.8. The van der Waals surface area contributed by atoms with Crippen molar-refractivity contribution in [2.45, 2.75) is 19.9 Å². The van der Waals surface area contributed by atoms with E-state index in [4.69, 9.17) is 17.3 Å². The van der Waals surface area contributed by atoms with E-state index < -0.39 is 0 Å². The monoisotopic (exact) mass is 254 g/mol. The van der Waals surface area contributed by atoms with E-state index in [1.807, 2.05) is 6.07 Å². The second kappa shape index (κ2) is 5.10. The maximum absolute atomic E-state index is 5.89. The van der Waals surface area contributed by atoms with Gasteiger partial charge in [-0.1, -0.05) is 18.5 Å². The van der Waals surface area contributed by atoms with Crippen LogP contribution in [0.5, 0.6) is 0 Å². The second-order valence-electron chi connectivity index (χ2n) is 4.50. The molecular weight excluding hydrogens is 236 g/mol. The Kier molecular flexibility index (Phi) is 3.74. The average molecular weight is 255 g/mol. The van der Waals surface area contributed by atoms with Gasteiger partial charge in [0.25, 0.3) is 0 Å². The third-order valence-electron chi connectivity index (χ3n) is 3.32. The van der Waals surface area contributed by atoms with Crippen molar-refractivity contribution < 1.29 is 0 Å². The van der Waals surface area contributed by atoms with Crippen molar-refractivity contribution in [3.8, 4) is 0 Å². The number of nitrogen functional groups attached to an aromatic ring is 1. The molecule has 4 nitrogen and oxygen atoms in total. The van der Waals surface area contributed by atoms with Crippen molar-refractivity contribution in [2.75, 3.05) is 36.8 Å². The van der Waals surface area contributed by atoms with Crippen LogP contribution in [0.3, 0.4) is 0 Å². The molecule has 1 aliphatic rings. The van der Waals surface area contributed by atoms with Gasteiger partial charge in [0.1, 0.15) is 5.82 Å². The largest absolute Gasteiger partial charge is 0.397 e. The highest BCUT2D eigenvalue weighted by Crippen LogP contribution is 2.24. The molecule has 1 fully saturated rings. The van der Waals surface area contributed by atoms with E-state index >= 15 is 0 Å². The molecule has 1 aromatic heterocycles. The summed E-state index contributed by atoms with van der Waals surface area (Å²) >= 11 is 5.89. The number of rotatable bonds is 2. The zero-order valence-electron chi connectivity index (χ0n) is 10.4. The number of piperazine rings is 1. The first kappa shape index (κ1) is 12.5. The van der Waals surface area contributed by atoms with Crippen LogP contribution in [-0.4, -0.2) is 42.1 Å². The molecular formula is C12H19ClN4. The van der Waals surface area contributed by atoms with Crippen molar-refractivity contribution >= 4 is 23.1 Å². The van der Waals surface area contributed by atoms with Crippen LogP contribution in [0.2, 0.25) is 5.02 Å². The Morgan fingerprint density at radius 1 is 1.53 bits per heavy atom. The quantitative estimate of drug-likeness (QED) is 0.875. The summed E-state index contributed by atoms with van der Waals surface area (Å²) in [4.78, 5) is 9.09. The van der Waals surface area contributed by atoms with Gasteiger partial charge >= 0.3 is 0 Å². The Morgan fingerprint density at radius 3 is 2.88 bits per heavy atom. The third-order valence-corrected chi connectivity index (χ3v) is 3.64. The standard InChI is InChI=1S/C12H19ClN4/c1-3-16-4-5-17(9(2)8-16)12-6-11(14)10(13)7-15-12/h6-7,9H,3-5,8H2,1-2H3,(H2,14,15). The fourth-order valence-corrected chi connectivity index (χ4v) is 2.36. The number of aromatic nitrogens is 1. The lowest BCUT2D eigenvalue weighted by Gasteiger charge is -2.40. The van der Waals surface area contributed by atoms with E-state index in [2.05, 4.69) is 28.6 Å².